The number of hydrazone groups is 1. The SMILES string of the molecule is Cc1cc(C(=O)NN=C2CCCC2)n[nH]1. The van der Waals surface area contributed by atoms with Crippen molar-refractivity contribution in [1.29, 1.82) is 0 Å². The Morgan fingerprint density at radius 2 is 2.27 bits per heavy atom. The van der Waals surface area contributed by atoms with Crippen LogP contribution in [0, 0.1) is 6.92 Å². The van der Waals surface area contributed by atoms with Gasteiger partial charge < -0.3 is 0 Å². The molecule has 1 aliphatic rings. The molecule has 1 amide bonds. The monoisotopic (exact) mass is 206 g/mol. The summed E-state index contributed by atoms with van der Waals surface area (Å²) in [6.45, 7) is 1.85. The van der Waals surface area contributed by atoms with E-state index in [9.17, 15) is 4.79 Å². The highest BCUT2D eigenvalue weighted by molar-refractivity contribution is 5.94. The maximum absolute atomic E-state index is 11.5. The zero-order valence-corrected chi connectivity index (χ0v) is 8.71. The van der Waals surface area contributed by atoms with Gasteiger partial charge >= 0.3 is 0 Å². The van der Waals surface area contributed by atoms with E-state index in [4.69, 9.17) is 0 Å². The first-order valence-corrected chi connectivity index (χ1v) is 5.13. The molecular formula is C10H14N4O. The first kappa shape index (κ1) is 9.89. The van der Waals surface area contributed by atoms with Crippen molar-refractivity contribution < 1.29 is 4.79 Å². The Morgan fingerprint density at radius 1 is 1.53 bits per heavy atom. The van der Waals surface area contributed by atoms with Crippen LogP contribution in [-0.4, -0.2) is 21.8 Å². The molecule has 1 heterocycles. The van der Waals surface area contributed by atoms with Gasteiger partial charge in [-0.05, 0) is 38.7 Å². The lowest BCUT2D eigenvalue weighted by Crippen LogP contribution is -2.19. The molecular weight excluding hydrogens is 192 g/mol. The molecule has 0 aliphatic heterocycles. The second kappa shape index (κ2) is 4.25. The molecule has 1 saturated carbocycles. The van der Waals surface area contributed by atoms with Crippen molar-refractivity contribution in [3.63, 3.8) is 0 Å². The number of carbonyl (C=O) groups is 1. The number of H-pyrrole nitrogens is 1. The lowest BCUT2D eigenvalue weighted by molar-refractivity contribution is 0.0949. The maximum Gasteiger partial charge on any atom is 0.291 e. The van der Waals surface area contributed by atoms with Crippen molar-refractivity contribution in [3.05, 3.63) is 17.5 Å². The molecule has 0 aromatic carbocycles. The van der Waals surface area contributed by atoms with Crippen LogP contribution >= 0.6 is 0 Å². The third kappa shape index (κ3) is 2.43. The normalized spacial score (nSPS) is 15.4. The lowest BCUT2D eigenvalue weighted by atomic mass is 10.3. The highest BCUT2D eigenvalue weighted by Gasteiger charge is 2.11. The van der Waals surface area contributed by atoms with Gasteiger partial charge in [0.15, 0.2) is 5.69 Å². The molecule has 0 saturated heterocycles. The first-order valence-electron chi connectivity index (χ1n) is 5.13. The Morgan fingerprint density at radius 3 is 2.87 bits per heavy atom. The van der Waals surface area contributed by atoms with Crippen LogP contribution in [0.25, 0.3) is 0 Å². The zero-order valence-electron chi connectivity index (χ0n) is 8.71. The van der Waals surface area contributed by atoms with Crippen LogP contribution in [0.2, 0.25) is 0 Å². The van der Waals surface area contributed by atoms with Crippen molar-refractivity contribution in [2.24, 2.45) is 5.10 Å². The van der Waals surface area contributed by atoms with Gasteiger partial charge in [-0.15, -0.1) is 0 Å². The highest BCUT2D eigenvalue weighted by Crippen LogP contribution is 2.13. The average molecular weight is 206 g/mol. The summed E-state index contributed by atoms with van der Waals surface area (Å²) in [6, 6.07) is 1.70. The molecule has 2 rings (SSSR count). The zero-order chi connectivity index (χ0) is 10.7. The molecule has 0 bridgehead atoms. The fourth-order valence-electron chi connectivity index (χ4n) is 1.62. The topological polar surface area (TPSA) is 70.1 Å². The molecule has 5 heteroatoms. The van der Waals surface area contributed by atoms with E-state index in [1.165, 1.54) is 12.8 Å². The van der Waals surface area contributed by atoms with Crippen LogP contribution in [0.5, 0.6) is 0 Å². The van der Waals surface area contributed by atoms with E-state index in [0.29, 0.717) is 5.69 Å². The predicted octanol–water partition coefficient (Wildman–Crippen LogP) is 1.38. The summed E-state index contributed by atoms with van der Waals surface area (Å²) in [5.41, 5.74) is 4.85. The average Bonchev–Trinajstić information content (AvgIpc) is 2.84. The van der Waals surface area contributed by atoms with Crippen molar-refractivity contribution in [3.8, 4) is 0 Å². The van der Waals surface area contributed by atoms with Crippen LogP contribution in [0.4, 0.5) is 0 Å². The van der Waals surface area contributed by atoms with Gasteiger partial charge in [0, 0.05) is 11.4 Å². The van der Waals surface area contributed by atoms with Gasteiger partial charge in [0.25, 0.3) is 5.91 Å². The third-order valence-corrected chi connectivity index (χ3v) is 2.43. The molecule has 0 unspecified atom stereocenters. The number of aryl methyl sites for hydroxylation is 1. The fraction of sp³-hybridized carbons (Fsp3) is 0.500. The van der Waals surface area contributed by atoms with Crippen LogP contribution < -0.4 is 5.43 Å². The number of amides is 1. The molecule has 1 aromatic heterocycles. The van der Waals surface area contributed by atoms with Gasteiger partial charge in [0.05, 0.1) is 0 Å². The molecule has 2 N–H and O–H groups in total. The van der Waals surface area contributed by atoms with E-state index < -0.39 is 0 Å². The van der Waals surface area contributed by atoms with E-state index in [1.54, 1.807) is 6.07 Å². The van der Waals surface area contributed by atoms with E-state index in [-0.39, 0.29) is 5.91 Å². The molecule has 15 heavy (non-hydrogen) atoms. The maximum atomic E-state index is 11.5. The molecule has 1 aliphatic carbocycles. The molecule has 0 radical (unpaired) electrons. The van der Waals surface area contributed by atoms with Gasteiger partial charge in [-0.3, -0.25) is 9.89 Å². The minimum absolute atomic E-state index is 0.251. The Kier molecular flexibility index (Phi) is 2.80. The van der Waals surface area contributed by atoms with Gasteiger partial charge in [0.2, 0.25) is 0 Å². The fourth-order valence-corrected chi connectivity index (χ4v) is 1.62. The van der Waals surface area contributed by atoms with Crippen LogP contribution in [0.1, 0.15) is 41.9 Å². The Labute approximate surface area is 88.0 Å². The molecule has 80 valence electrons. The summed E-state index contributed by atoms with van der Waals surface area (Å²) in [7, 11) is 0. The predicted molar refractivity (Wildman–Crippen MR) is 56.7 cm³/mol. The second-order valence-electron chi connectivity index (χ2n) is 3.76. The molecule has 0 spiro atoms. The first-order chi connectivity index (χ1) is 7.25. The number of carbonyl (C=O) groups excluding carboxylic acids is 1. The smallest absolute Gasteiger partial charge is 0.282 e. The number of rotatable bonds is 2. The van der Waals surface area contributed by atoms with E-state index in [1.807, 2.05) is 6.92 Å². The van der Waals surface area contributed by atoms with E-state index >= 15 is 0 Å². The molecule has 1 fully saturated rings. The van der Waals surface area contributed by atoms with Crippen molar-refractivity contribution in [2.75, 3.05) is 0 Å². The Bertz CT molecular complexity index is 386. The highest BCUT2D eigenvalue weighted by atomic mass is 16.2. The summed E-state index contributed by atoms with van der Waals surface area (Å²) in [6.07, 6.45) is 4.35. The Balaban J connectivity index is 1.95. The number of hydrogen-bond donors (Lipinski definition) is 2. The van der Waals surface area contributed by atoms with Crippen LogP contribution in [0.3, 0.4) is 0 Å². The van der Waals surface area contributed by atoms with Gasteiger partial charge in [-0.1, -0.05) is 0 Å². The third-order valence-electron chi connectivity index (χ3n) is 2.43. The standard InChI is InChI=1S/C10H14N4O/c1-7-6-9(13-11-7)10(15)14-12-8-4-2-3-5-8/h6H,2-5H2,1H3,(H,11,13)(H,14,15). The summed E-state index contributed by atoms with van der Waals surface area (Å²) < 4.78 is 0. The van der Waals surface area contributed by atoms with E-state index in [0.717, 1.165) is 24.2 Å². The Hall–Kier alpha value is -1.65. The van der Waals surface area contributed by atoms with E-state index in [2.05, 4.69) is 20.7 Å². The van der Waals surface area contributed by atoms with Crippen molar-refractivity contribution >= 4 is 11.6 Å². The van der Waals surface area contributed by atoms with Crippen molar-refractivity contribution in [2.45, 2.75) is 32.6 Å². The molecule has 0 atom stereocenters. The number of aromatic amines is 1. The van der Waals surface area contributed by atoms with Crippen LogP contribution in [-0.2, 0) is 0 Å². The molecule has 5 nitrogen and oxygen atoms in total. The lowest BCUT2D eigenvalue weighted by Gasteiger charge is -1.97. The minimum Gasteiger partial charge on any atom is -0.282 e. The minimum atomic E-state index is -0.251. The van der Waals surface area contributed by atoms with Crippen molar-refractivity contribution in [1.82, 2.24) is 15.6 Å². The summed E-state index contributed by atoms with van der Waals surface area (Å²) in [5, 5.41) is 10.6. The largest absolute Gasteiger partial charge is 0.291 e. The quantitative estimate of drug-likeness (QED) is 0.717. The van der Waals surface area contributed by atoms with Crippen LogP contribution in [0.15, 0.2) is 11.2 Å². The summed E-state index contributed by atoms with van der Waals surface area (Å²) >= 11 is 0. The number of hydrogen-bond acceptors (Lipinski definition) is 3. The molecule has 1 aromatic rings. The number of nitrogens with zero attached hydrogens (tertiary/aromatic N) is 2. The summed E-state index contributed by atoms with van der Waals surface area (Å²) in [5.74, 6) is -0.251. The number of nitrogens with one attached hydrogen (secondary N) is 2. The summed E-state index contributed by atoms with van der Waals surface area (Å²) in [4.78, 5) is 11.5. The second-order valence-corrected chi connectivity index (χ2v) is 3.76. The van der Waals surface area contributed by atoms with Gasteiger partial charge in [0.1, 0.15) is 0 Å². The van der Waals surface area contributed by atoms with Gasteiger partial charge in [-0.25, -0.2) is 5.43 Å². The van der Waals surface area contributed by atoms with Gasteiger partial charge in [-0.2, -0.15) is 10.2 Å². The number of aromatic nitrogens is 2.